The Labute approximate surface area is 233 Å². The first-order valence-electron chi connectivity index (χ1n) is 12.8. The highest BCUT2D eigenvalue weighted by Gasteiger charge is 2.34. The average molecular weight is 553 g/mol. The van der Waals surface area contributed by atoms with E-state index in [1.807, 2.05) is 12.1 Å². The van der Waals surface area contributed by atoms with Crippen LogP contribution < -0.4 is 10.6 Å². The molecule has 1 saturated heterocycles. The van der Waals surface area contributed by atoms with Crippen molar-refractivity contribution in [3.8, 4) is 11.3 Å². The lowest BCUT2D eigenvalue weighted by molar-refractivity contribution is -0.124. The van der Waals surface area contributed by atoms with Crippen LogP contribution in [-0.4, -0.2) is 78.1 Å². The molecule has 10 nitrogen and oxygen atoms in total. The molecule has 39 heavy (non-hydrogen) atoms. The molecular formula is C28H33ClN6O4. The molecule has 1 aromatic carbocycles. The molecule has 2 aliphatic rings. The van der Waals surface area contributed by atoms with Gasteiger partial charge in [0.25, 0.3) is 5.91 Å². The number of allylic oxidation sites excluding steroid dienone is 2. The lowest BCUT2D eigenvalue weighted by Gasteiger charge is -2.23. The number of benzene rings is 1. The Bertz CT molecular complexity index is 1270. The summed E-state index contributed by atoms with van der Waals surface area (Å²) in [4.78, 5) is 41.1. The summed E-state index contributed by atoms with van der Waals surface area (Å²) in [6.45, 7) is 7.47. The first-order chi connectivity index (χ1) is 18.9. The van der Waals surface area contributed by atoms with E-state index in [-0.39, 0.29) is 31.1 Å². The van der Waals surface area contributed by atoms with Gasteiger partial charge in [-0.15, -0.1) is 0 Å². The monoisotopic (exact) mass is 552 g/mol. The highest BCUT2D eigenvalue weighted by Crippen LogP contribution is 2.32. The fourth-order valence-corrected chi connectivity index (χ4v) is 4.61. The number of anilines is 1. The zero-order chi connectivity index (χ0) is 27.8. The molecule has 0 bridgehead atoms. The van der Waals surface area contributed by atoms with Crippen LogP contribution in [0.25, 0.3) is 11.3 Å². The van der Waals surface area contributed by atoms with Crippen molar-refractivity contribution in [3.63, 3.8) is 0 Å². The van der Waals surface area contributed by atoms with Gasteiger partial charge in [-0.3, -0.25) is 14.6 Å². The number of rotatable bonds is 11. The topological polar surface area (TPSA) is 118 Å². The molecule has 2 aliphatic heterocycles. The van der Waals surface area contributed by atoms with Gasteiger partial charge in [-0.05, 0) is 37.5 Å². The number of fused-ring (bicyclic) bond motifs is 1. The molecule has 0 radical (unpaired) electrons. The number of halogens is 1. The number of nitrogens with one attached hydrogen (secondary N) is 2. The van der Waals surface area contributed by atoms with E-state index in [1.165, 1.54) is 0 Å². The van der Waals surface area contributed by atoms with Gasteiger partial charge in [0, 0.05) is 44.0 Å². The normalized spacial score (nSPS) is 16.8. The van der Waals surface area contributed by atoms with Gasteiger partial charge in [-0.25, -0.2) is 9.97 Å². The standard InChI is InChI=1S/C28H33ClN6O4/c1-4-5-6-22(32-17-38-3)14-30-26(36)18(2)35-16-20-8-7-19(13-23(20)27(35)37)25-24(29)15-31-28(34-25)33-21-9-11-39-12-10-21/h4-8,13,15,18,21H,1,9-12,14,16-17H2,2-3H3,(H,30,36)(H,31,33,34)/b6-5-,32-22+/t18-/m1/s1. The molecule has 4 rings (SSSR count). The molecule has 11 heteroatoms. The Morgan fingerprint density at radius 2 is 2.18 bits per heavy atom. The largest absolute Gasteiger partial charge is 0.381 e. The molecule has 2 aromatic rings. The third-order valence-electron chi connectivity index (χ3n) is 6.63. The van der Waals surface area contributed by atoms with Gasteiger partial charge < -0.3 is 25.0 Å². The number of ether oxygens (including phenoxy) is 2. The molecule has 1 fully saturated rings. The van der Waals surface area contributed by atoms with Crippen molar-refractivity contribution in [2.75, 3.05) is 38.9 Å². The van der Waals surface area contributed by atoms with Gasteiger partial charge in [-0.1, -0.05) is 42.5 Å². The predicted octanol–water partition coefficient (Wildman–Crippen LogP) is 3.64. The van der Waals surface area contributed by atoms with E-state index in [4.69, 9.17) is 21.1 Å². The number of aromatic nitrogens is 2. The summed E-state index contributed by atoms with van der Waals surface area (Å²) in [5, 5.41) is 6.59. The van der Waals surface area contributed by atoms with Crippen LogP contribution in [0.4, 0.5) is 5.95 Å². The van der Waals surface area contributed by atoms with Crippen LogP contribution in [0.15, 0.2) is 54.2 Å². The van der Waals surface area contributed by atoms with Crippen LogP contribution in [0.5, 0.6) is 0 Å². The third-order valence-corrected chi connectivity index (χ3v) is 6.90. The summed E-state index contributed by atoms with van der Waals surface area (Å²) in [6, 6.07) is 5.10. The van der Waals surface area contributed by atoms with Crippen LogP contribution in [-0.2, 0) is 20.8 Å². The molecule has 206 valence electrons. The maximum absolute atomic E-state index is 13.4. The summed E-state index contributed by atoms with van der Waals surface area (Å²) in [5.74, 6) is -0.0207. The highest BCUT2D eigenvalue weighted by atomic mass is 35.5. The van der Waals surface area contributed by atoms with Crippen molar-refractivity contribution in [1.29, 1.82) is 0 Å². The predicted molar refractivity (Wildman–Crippen MR) is 151 cm³/mol. The van der Waals surface area contributed by atoms with E-state index in [2.05, 4.69) is 32.2 Å². The quantitative estimate of drug-likeness (QED) is 0.323. The van der Waals surface area contributed by atoms with E-state index in [0.29, 0.717) is 53.3 Å². The van der Waals surface area contributed by atoms with Gasteiger partial charge in [0.2, 0.25) is 11.9 Å². The number of methoxy groups -OCH3 is 1. The average Bonchev–Trinajstić information content (AvgIpc) is 3.29. The van der Waals surface area contributed by atoms with E-state index >= 15 is 0 Å². The smallest absolute Gasteiger partial charge is 0.255 e. The zero-order valence-electron chi connectivity index (χ0n) is 22.2. The van der Waals surface area contributed by atoms with Crippen molar-refractivity contribution < 1.29 is 19.1 Å². The summed E-state index contributed by atoms with van der Waals surface area (Å²) in [7, 11) is 1.54. The van der Waals surface area contributed by atoms with E-state index in [0.717, 1.165) is 18.4 Å². The Balaban J connectivity index is 1.45. The number of aliphatic imine (C=N–C) groups is 1. The van der Waals surface area contributed by atoms with Crippen molar-refractivity contribution in [2.24, 2.45) is 4.99 Å². The molecule has 3 heterocycles. The molecule has 1 aromatic heterocycles. The van der Waals surface area contributed by atoms with Crippen LogP contribution >= 0.6 is 11.6 Å². The Kier molecular flexibility index (Phi) is 9.80. The number of nitrogens with zero attached hydrogens (tertiary/aromatic N) is 4. The fourth-order valence-electron chi connectivity index (χ4n) is 4.41. The van der Waals surface area contributed by atoms with Crippen LogP contribution in [0.2, 0.25) is 5.02 Å². The second-order valence-corrected chi connectivity index (χ2v) is 9.69. The van der Waals surface area contributed by atoms with Gasteiger partial charge in [-0.2, -0.15) is 0 Å². The number of amides is 2. The summed E-state index contributed by atoms with van der Waals surface area (Å²) < 4.78 is 10.4. The van der Waals surface area contributed by atoms with Crippen LogP contribution in [0.1, 0.15) is 35.7 Å². The summed E-state index contributed by atoms with van der Waals surface area (Å²) in [6.07, 6.45) is 8.42. The van der Waals surface area contributed by atoms with Crippen molar-refractivity contribution in [1.82, 2.24) is 20.2 Å². The fraction of sp³-hybridized carbons (Fsp3) is 0.393. The second-order valence-electron chi connectivity index (χ2n) is 9.28. The minimum absolute atomic E-state index is 0.175. The molecule has 1 atom stereocenters. The minimum Gasteiger partial charge on any atom is -0.381 e. The highest BCUT2D eigenvalue weighted by molar-refractivity contribution is 6.33. The van der Waals surface area contributed by atoms with Crippen molar-refractivity contribution >= 4 is 35.1 Å². The number of carbonyl (C=O) groups is 2. The SMILES string of the molecule is C=C/C=C\C(CNC(=O)[C@@H](C)N1Cc2ccc(-c3nc(NC4CCOCC4)ncc3Cl)cc2C1=O)=N/COC. The Hall–Kier alpha value is -3.60. The van der Waals surface area contributed by atoms with E-state index < -0.39 is 6.04 Å². The lowest BCUT2D eigenvalue weighted by atomic mass is 10.0. The summed E-state index contributed by atoms with van der Waals surface area (Å²) >= 11 is 6.46. The van der Waals surface area contributed by atoms with Crippen molar-refractivity contribution in [2.45, 2.75) is 38.4 Å². The number of hydrogen-bond acceptors (Lipinski definition) is 8. The molecule has 2 amide bonds. The van der Waals surface area contributed by atoms with Gasteiger partial charge in [0.1, 0.15) is 12.8 Å². The van der Waals surface area contributed by atoms with E-state index in [9.17, 15) is 9.59 Å². The second kappa shape index (κ2) is 13.5. The Morgan fingerprint density at radius 3 is 2.92 bits per heavy atom. The number of hydrogen-bond donors (Lipinski definition) is 2. The van der Waals surface area contributed by atoms with E-state index in [1.54, 1.807) is 49.4 Å². The van der Waals surface area contributed by atoms with Gasteiger partial charge in [0.05, 0.1) is 29.2 Å². The molecule has 2 N–H and O–H groups in total. The van der Waals surface area contributed by atoms with Crippen molar-refractivity contribution in [3.05, 3.63) is 65.4 Å². The maximum Gasteiger partial charge on any atom is 0.255 e. The molecule has 0 aliphatic carbocycles. The zero-order valence-corrected chi connectivity index (χ0v) is 22.9. The first kappa shape index (κ1) is 28.4. The number of carbonyl (C=O) groups excluding carboxylic acids is 2. The Morgan fingerprint density at radius 1 is 1.38 bits per heavy atom. The van der Waals surface area contributed by atoms with Crippen LogP contribution in [0.3, 0.4) is 0 Å². The maximum atomic E-state index is 13.4. The minimum atomic E-state index is -0.682. The third kappa shape index (κ3) is 7.08. The lowest BCUT2D eigenvalue weighted by Crippen LogP contribution is -2.46. The van der Waals surface area contributed by atoms with Gasteiger partial charge in [0.15, 0.2) is 0 Å². The molecule has 0 saturated carbocycles. The first-order valence-corrected chi connectivity index (χ1v) is 13.2. The molecule has 0 spiro atoms. The molecule has 0 unspecified atom stereocenters. The van der Waals surface area contributed by atoms with Crippen LogP contribution in [0, 0.1) is 0 Å². The van der Waals surface area contributed by atoms with Gasteiger partial charge >= 0.3 is 0 Å². The molecular weight excluding hydrogens is 520 g/mol. The summed E-state index contributed by atoms with van der Waals surface area (Å²) in [5.41, 5.74) is 3.24.